The monoisotopic (exact) mass is 289 g/mol. The van der Waals surface area contributed by atoms with Crippen molar-refractivity contribution in [2.75, 3.05) is 11.9 Å². The first-order valence-electron chi connectivity index (χ1n) is 6.49. The van der Waals surface area contributed by atoms with E-state index in [-0.39, 0.29) is 11.3 Å². The zero-order valence-corrected chi connectivity index (χ0v) is 11.6. The summed E-state index contributed by atoms with van der Waals surface area (Å²) in [5, 5.41) is 3.02. The van der Waals surface area contributed by atoms with Crippen LogP contribution < -0.4 is 11.1 Å². The highest BCUT2D eigenvalue weighted by atomic mass is 19.1. The smallest absolute Gasteiger partial charge is 0.222 e. The Morgan fingerprint density at radius 2 is 1.90 bits per heavy atom. The highest BCUT2D eigenvalue weighted by Gasteiger charge is 2.11. The normalized spacial score (nSPS) is 9.90. The maximum atomic E-state index is 13.7. The molecule has 0 amide bonds. The largest absolute Gasteiger partial charge is 0.354 e. The first-order chi connectivity index (χ1) is 10.1. The molecule has 0 aliphatic carbocycles. The Morgan fingerprint density at radius 1 is 1.19 bits per heavy atom. The lowest BCUT2D eigenvalue weighted by Gasteiger charge is -2.01. The van der Waals surface area contributed by atoms with E-state index in [1.165, 1.54) is 18.5 Å². The number of nitrogens with one attached hydrogen (secondary N) is 1. The van der Waals surface area contributed by atoms with E-state index in [1.807, 2.05) is 6.92 Å². The van der Waals surface area contributed by atoms with E-state index in [0.29, 0.717) is 11.5 Å². The van der Waals surface area contributed by atoms with Gasteiger partial charge < -0.3 is 11.1 Å². The minimum absolute atomic E-state index is 0.107. The third-order valence-electron chi connectivity index (χ3n) is 2.69. The van der Waals surface area contributed by atoms with Crippen LogP contribution in [0.1, 0.15) is 24.5 Å². The Labute approximate surface area is 121 Å². The molecule has 1 aromatic carbocycles. The molecule has 0 saturated carbocycles. The molecule has 2 aromatic rings. The summed E-state index contributed by atoms with van der Waals surface area (Å²) >= 11 is 0. The van der Waals surface area contributed by atoms with Crippen LogP contribution in [-0.2, 0) is 0 Å². The van der Waals surface area contributed by atoms with Crippen molar-refractivity contribution < 1.29 is 14.5 Å². The Morgan fingerprint density at radius 3 is 2.57 bits per heavy atom. The van der Waals surface area contributed by atoms with Gasteiger partial charge in [0.15, 0.2) is 5.69 Å². The third kappa shape index (κ3) is 3.74. The summed E-state index contributed by atoms with van der Waals surface area (Å²) in [6, 6.07) is 2.41. The van der Waals surface area contributed by atoms with Gasteiger partial charge in [-0.15, -0.1) is 0 Å². The van der Waals surface area contributed by atoms with Crippen LogP contribution >= 0.6 is 0 Å². The van der Waals surface area contributed by atoms with Gasteiger partial charge in [0.1, 0.15) is 11.4 Å². The van der Waals surface area contributed by atoms with E-state index < -0.39 is 11.6 Å². The molecule has 1 heterocycles. The van der Waals surface area contributed by atoms with Gasteiger partial charge in [0, 0.05) is 25.0 Å². The van der Waals surface area contributed by atoms with E-state index in [1.54, 1.807) is 0 Å². The van der Waals surface area contributed by atoms with Crippen molar-refractivity contribution in [3.05, 3.63) is 47.3 Å². The molecule has 0 fully saturated rings. The van der Waals surface area contributed by atoms with Crippen molar-refractivity contribution in [2.24, 2.45) is 0 Å². The third-order valence-corrected chi connectivity index (χ3v) is 2.69. The fourth-order valence-electron chi connectivity index (χ4n) is 1.57. The molecule has 0 spiro atoms. The lowest BCUT2D eigenvalue weighted by molar-refractivity contribution is -0.258. The van der Waals surface area contributed by atoms with Gasteiger partial charge in [-0.3, -0.25) is 0 Å². The lowest BCUT2D eigenvalue weighted by atomic mass is 10.1. The van der Waals surface area contributed by atoms with Gasteiger partial charge in [-0.05, 0) is 12.5 Å². The summed E-state index contributed by atoms with van der Waals surface area (Å²) in [7, 11) is 0. The molecule has 4 N–H and O–H groups in total. The highest BCUT2D eigenvalue weighted by Crippen LogP contribution is 2.16. The second-order valence-corrected chi connectivity index (χ2v) is 4.37. The number of hydrogen-bond acceptors (Lipinski definition) is 3. The van der Waals surface area contributed by atoms with Gasteiger partial charge in [-0.2, -0.15) is 4.39 Å². The minimum atomic E-state index is -0.746. The summed E-state index contributed by atoms with van der Waals surface area (Å²) < 4.78 is 27.2. The number of benzene rings is 1. The quantitative estimate of drug-likeness (QED) is 0.848. The fraction of sp³-hybridized carbons (Fsp3) is 0.200. The molecular weight excluding hydrogens is 274 g/mol. The van der Waals surface area contributed by atoms with Gasteiger partial charge in [-0.1, -0.05) is 18.8 Å². The molecule has 0 bridgehead atoms. The SMILES string of the molecule is CCCNc1ncc(C#Cc2c(F)ccc([NH3+])c2F)cn1. The summed E-state index contributed by atoms with van der Waals surface area (Å²) in [6.07, 6.45) is 3.97. The van der Waals surface area contributed by atoms with Gasteiger partial charge in [-0.25, -0.2) is 14.4 Å². The molecule has 21 heavy (non-hydrogen) atoms. The minimum Gasteiger partial charge on any atom is -0.354 e. The number of hydrogen-bond donors (Lipinski definition) is 2. The Balaban J connectivity index is 2.22. The first kappa shape index (κ1) is 14.9. The van der Waals surface area contributed by atoms with Crippen LogP contribution in [0.3, 0.4) is 0 Å². The van der Waals surface area contributed by atoms with E-state index in [0.717, 1.165) is 19.0 Å². The van der Waals surface area contributed by atoms with Crippen molar-refractivity contribution in [2.45, 2.75) is 13.3 Å². The van der Waals surface area contributed by atoms with Crippen LogP contribution in [0.4, 0.5) is 20.4 Å². The number of nitrogens with zero attached hydrogens (tertiary/aromatic N) is 2. The maximum absolute atomic E-state index is 13.7. The molecule has 108 valence electrons. The molecule has 4 nitrogen and oxygen atoms in total. The van der Waals surface area contributed by atoms with Crippen LogP contribution in [0, 0.1) is 23.5 Å². The molecule has 0 unspecified atom stereocenters. The fourth-order valence-corrected chi connectivity index (χ4v) is 1.57. The van der Waals surface area contributed by atoms with E-state index in [2.05, 4.69) is 32.9 Å². The maximum Gasteiger partial charge on any atom is 0.222 e. The lowest BCUT2D eigenvalue weighted by Crippen LogP contribution is -2.41. The summed E-state index contributed by atoms with van der Waals surface area (Å²) in [6.45, 7) is 2.81. The summed E-state index contributed by atoms with van der Waals surface area (Å²) in [4.78, 5) is 8.13. The first-order valence-corrected chi connectivity index (χ1v) is 6.49. The van der Waals surface area contributed by atoms with Crippen molar-refractivity contribution in [1.82, 2.24) is 9.97 Å². The average Bonchev–Trinajstić information content (AvgIpc) is 2.50. The zero-order chi connectivity index (χ0) is 15.2. The number of quaternary nitrogens is 1. The number of rotatable bonds is 3. The van der Waals surface area contributed by atoms with Gasteiger partial charge in [0.25, 0.3) is 0 Å². The standard InChI is InChI=1S/C15H14F2N4/c1-2-7-19-15-20-8-10(9-21-15)3-4-11-12(16)5-6-13(18)14(11)17/h5-6,8-9H,2,7,18H2,1H3,(H,19,20,21)/p+1. The van der Waals surface area contributed by atoms with Gasteiger partial charge >= 0.3 is 0 Å². The predicted octanol–water partition coefficient (Wildman–Crippen LogP) is 1.85. The molecule has 1 aromatic heterocycles. The molecule has 0 aliphatic rings. The van der Waals surface area contributed by atoms with Crippen LogP contribution in [-0.4, -0.2) is 16.5 Å². The molecular formula is C15H15F2N4+. The molecule has 0 aliphatic heterocycles. The average molecular weight is 289 g/mol. The number of halogens is 2. The second kappa shape index (κ2) is 6.77. The van der Waals surface area contributed by atoms with Gasteiger partial charge in [0.2, 0.25) is 11.8 Å². The molecule has 6 heteroatoms. The highest BCUT2D eigenvalue weighted by molar-refractivity contribution is 5.48. The Bertz CT molecular complexity index is 687. The number of anilines is 1. The molecule has 0 saturated heterocycles. The second-order valence-electron chi connectivity index (χ2n) is 4.37. The topological polar surface area (TPSA) is 65.5 Å². The van der Waals surface area contributed by atoms with Crippen molar-refractivity contribution in [3.8, 4) is 11.8 Å². The summed E-state index contributed by atoms with van der Waals surface area (Å²) in [5.41, 5.74) is 3.76. The van der Waals surface area contributed by atoms with E-state index >= 15 is 0 Å². The van der Waals surface area contributed by atoms with Gasteiger partial charge in [0.05, 0.1) is 5.56 Å². The van der Waals surface area contributed by atoms with Crippen molar-refractivity contribution in [1.29, 1.82) is 0 Å². The molecule has 0 radical (unpaired) electrons. The van der Waals surface area contributed by atoms with E-state index in [9.17, 15) is 8.78 Å². The molecule has 0 atom stereocenters. The van der Waals surface area contributed by atoms with Crippen LogP contribution in [0.25, 0.3) is 0 Å². The van der Waals surface area contributed by atoms with Crippen LogP contribution in [0.2, 0.25) is 0 Å². The Hall–Kier alpha value is -2.52. The van der Waals surface area contributed by atoms with Crippen LogP contribution in [0.15, 0.2) is 24.5 Å². The van der Waals surface area contributed by atoms with Crippen molar-refractivity contribution in [3.63, 3.8) is 0 Å². The molecule has 2 rings (SSSR count). The van der Waals surface area contributed by atoms with Crippen LogP contribution in [0.5, 0.6) is 0 Å². The Kier molecular flexibility index (Phi) is 4.80. The predicted molar refractivity (Wildman–Crippen MR) is 75.7 cm³/mol. The zero-order valence-electron chi connectivity index (χ0n) is 11.6. The van der Waals surface area contributed by atoms with E-state index in [4.69, 9.17) is 0 Å². The van der Waals surface area contributed by atoms with Crippen molar-refractivity contribution >= 4 is 11.6 Å². The summed E-state index contributed by atoms with van der Waals surface area (Å²) in [5.74, 6) is 4.14. The number of aromatic nitrogens is 2.